The summed E-state index contributed by atoms with van der Waals surface area (Å²) in [6.07, 6.45) is 8.01. The molecule has 1 heterocycles. The van der Waals surface area contributed by atoms with Crippen molar-refractivity contribution in [3.8, 4) is 0 Å². The number of amides is 1. The molecule has 1 aliphatic carbocycles. The van der Waals surface area contributed by atoms with E-state index in [4.69, 9.17) is 5.11 Å². The van der Waals surface area contributed by atoms with Crippen molar-refractivity contribution in [2.45, 2.75) is 25.3 Å². The Morgan fingerprint density at radius 1 is 1.36 bits per heavy atom. The van der Waals surface area contributed by atoms with Crippen LogP contribution in [0.1, 0.15) is 24.8 Å². The van der Waals surface area contributed by atoms with E-state index in [9.17, 15) is 4.79 Å². The lowest BCUT2D eigenvalue weighted by Gasteiger charge is -2.15. The predicted molar refractivity (Wildman–Crippen MR) is 87.1 cm³/mol. The van der Waals surface area contributed by atoms with Gasteiger partial charge in [-0.1, -0.05) is 24.3 Å². The number of hydrogen-bond donors (Lipinski definition) is 2. The van der Waals surface area contributed by atoms with Gasteiger partial charge in [0.25, 0.3) is 0 Å². The van der Waals surface area contributed by atoms with Gasteiger partial charge in [-0.25, -0.2) is 0 Å². The first-order valence-corrected chi connectivity index (χ1v) is 7.71. The number of nitrogens with zero attached hydrogens (tertiary/aromatic N) is 1. The Morgan fingerprint density at radius 2 is 2.18 bits per heavy atom. The first-order chi connectivity index (χ1) is 10.8. The van der Waals surface area contributed by atoms with Crippen molar-refractivity contribution >= 4 is 22.9 Å². The van der Waals surface area contributed by atoms with E-state index in [1.807, 2.05) is 30.3 Å². The van der Waals surface area contributed by atoms with Crippen molar-refractivity contribution in [3.05, 3.63) is 48.2 Å². The number of aromatic nitrogens is 1. The van der Waals surface area contributed by atoms with E-state index in [0.29, 0.717) is 12.3 Å². The second-order valence-corrected chi connectivity index (χ2v) is 5.72. The molecular formula is C18H20N2O2. The fourth-order valence-corrected chi connectivity index (χ4v) is 2.72. The average Bonchev–Trinajstić information content (AvgIpc) is 3.37. The summed E-state index contributed by atoms with van der Waals surface area (Å²) in [6.45, 7) is 0.110. The number of aliphatic hydroxyl groups excluding tert-OH is 1. The maximum atomic E-state index is 12.1. The topological polar surface area (TPSA) is 62.2 Å². The number of hydrogen-bond acceptors (Lipinski definition) is 3. The van der Waals surface area contributed by atoms with E-state index in [-0.39, 0.29) is 18.6 Å². The van der Waals surface area contributed by atoms with Crippen LogP contribution < -0.4 is 5.32 Å². The number of carbonyl (C=O) groups is 1. The van der Waals surface area contributed by atoms with Crippen molar-refractivity contribution in [3.63, 3.8) is 0 Å². The van der Waals surface area contributed by atoms with Crippen LogP contribution in [-0.4, -0.2) is 28.6 Å². The Balaban J connectivity index is 1.70. The number of aliphatic hydroxyl groups is 1. The molecule has 114 valence electrons. The summed E-state index contributed by atoms with van der Waals surface area (Å²) in [6, 6.07) is 9.91. The van der Waals surface area contributed by atoms with Crippen LogP contribution in [0.25, 0.3) is 17.0 Å². The second kappa shape index (κ2) is 6.71. The fraction of sp³-hybridized carbons (Fsp3) is 0.333. The lowest BCUT2D eigenvalue weighted by molar-refractivity contribution is -0.117. The fourth-order valence-electron chi connectivity index (χ4n) is 2.72. The van der Waals surface area contributed by atoms with Gasteiger partial charge in [0.15, 0.2) is 0 Å². The smallest absolute Gasteiger partial charge is 0.244 e. The molecule has 1 unspecified atom stereocenters. The number of nitrogens with one attached hydrogen (secondary N) is 1. The van der Waals surface area contributed by atoms with Crippen LogP contribution in [-0.2, 0) is 4.79 Å². The van der Waals surface area contributed by atoms with Gasteiger partial charge in [-0.3, -0.25) is 9.78 Å². The summed E-state index contributed by atoms with van der Waals surface area (Å²) in [5.74, 6) is 0.419. The Bertz CT molecular complexity index is 687. The predicted octanol–water partition coefficient (Wildman–Crippen LogP) is 2.53. The SMILES string of the molecule is O=C(/C=C/c1cccc2cccnc12)NC(CCO)C1CC1. The van der Waals surface area contributed by atoms with E-state index in [1.54, 1.807) is 18.3 Å². The van der Waals surface area contributed by atoms with Crippen LogP contribution in [0.3, 0.4) is 0 Å². The van der Waals surface area contributed by atoms with Crippen LogP contribution in [0.2, 0.25) is 0 Å². The monoisotopic (exact) mass is 296 g/mol. The van der Waals surface area contributed by atoms with Crippen molar-refractivity contribution in [1.29, 1.82) is 0 Å². The minimum absolute atomic E-state index is 0.0905. The molecule has 0 spiro atoms. The number of pyridine rings is 1. The van der Waals surface area contributed by atoms with Gasteiger partial charge >= 0.3 is 0 Å². The molecule has 1 atom stereocenters. The highest BCUT2D eigenvalue weighted by molar-refractivity contribution is 5.95. The number of carbonyl (C=O) groups excluding carboxylic acids is 1. The van der Waals surface area contributed by atoms with Crippen molar-refractivity contribution in [2.75, 3.05) is 6.61 Å². The van der Waals surface area contributed by atoms with Crippen molar-refractivity contribution in [2.24, 2.45) is 5.92 Å². The molecule has 1 saturated carbocycles. The van der Waals surface area contributed by atoms with Gasteiger partial charge in [0, 0.05) is 35.9 Å². The molecule has 22 heavy (non-hydrogen) atoms. The zero-order chi connectivity index (χ0) is 15.4. The summed E-state index contributed by atoms with van der Waals surface area (Å²) in [5, 5.41) is 13.1. The third-order valence-electron chi connectivity index (χ3n) is 4.04. The molecule has 1 aromatic heterocycles. The molecule has 0 aliphatic heterocycles. The number of para-hydroxylation sites is 1. The highest BCUT2D eigenvalue weighted by atomic mass is 16.3. The van der Waals surface area contributed by atoms with Crippen LogP contribution in [0.15, 0.2) is 42.6 Å². The number of benzene rings is 1. The molecule has 4 nitrogen and oxygen atoms in total. The van der Waals surface area contributed by atoms with Crippen LogP contribution in [0, 0.1) is 5.92 Å². The lowest BCUT2D eigenvalue weighted by atomic mass is 10.1. The molecule has 0 saturated heterocycles. The molecule has 0 radical (unpaired) electrons. The average molecular weight is 296 g/mol. The molecule has 1 aromatic carbocycles. The normalized spacial score (nSPS) is 16.0. The summed E-state index contributed by atoms with van der Waals surface area (Å²) >= 11 is 0. The molecule has 1 amide bonds. The third-order valence-corrected chi connectivity index (χ3v) is 4.04. The standard InChI is InChI=1S/C18H20N2O2/c21-12-10-16(13-6-7-13)20-17(22)9-8-15-4-1-3-14-5-2-11-19-18(14)15/h1-5,8-9,11,13,16,21H,6-7,10,12H2,(H,20,22)/b9-8+. The molecule has 1 aliphatic rings. The Morgan fingerprint density at radius 3 is 2.95 bits per heavy atom. The van der Waals surface area contributed by atoms with Crippen LogP contribution >= 0.6 is 0 Å². The minimum atomic E-state index is -0.113. The molecule has 1 fully saturated rings. The Labute approximate surface area is 129 Å². The zero-order valence-corrected chi connectivity index (χ0v) is 12.4. The zero-order valence-electron chi connectivity index (χ0n) is 12.4. The molecule has 2 N–H and O–H groups in total. The highest BCUT2D eigenvalue weighted by Gasteiger charge is 2.31. The van der Waals surface area contributed by atoms with Crippen molar-refractivity contribution in [1.82, 2.24) is 10.3 Å². The van der Waals surface area contributed by atoms with E-state index in [1.165, 1.54) is 0 Å². The quantitative estimate of drug-likeness (QED) is 0.805. The molecule has 3 rings (SSSR count). The maximum Gasteiger partial charge on any atom is 0.244 e. The van der Waals surface area contributed by atoms with E-state index < -0.39 is 0 Å². The van der Waals surface area contributed by atoms with Gasteiger partial charge in [0.2, 0.25) is 5.91 Å². The first kappa shape index (κ1) is 14.7. The molecule has 4 heteroatoms. The van der Waals surface area contributed by atoms with E-state index in [2.05, 4.69) is 10.3 Å². The third kappa shape index (κ3) is 3.52. The maximum absolute atomic E-state index is 12.1. The van der Waals surface area contributed by atoms with Gasteiger partial charge in [-0.2, -0.15) is 0 Å². The summed E-state index contributed by atoms with van der Waals surface area (Å²) in [7, 11) is 0. The van der Waals surface area contributed by atoms with Gasteiger partial charge in [0.1, 0.15) is 0 Å². The Hall–Kier alpha value is -2.20. The minimum Gasteiger partial charge on any atom is -0.396 e. The number of rotatable bonds is 6. The van der Waals surface area contributed by atoms with Crippen LogP contribution in [0.4, 0.5) is 0 Å². The lowest BCUT2D eigenvalue weighted by Crippen LogP contribution is -2.36. The van der Waals surface area contributed by atoms with Gasteiger partial charge < -0.3 is 10.4 Å². The van der Waals surface area contributed by atoms with Gasteiger partial charge in [0.05, 0.1) is 5.52 Å². The van der Waals surface area contributed by atoms with E-state index >= 15 is 0 Å². The van der Waals surface area contributed by atoms with Crippen molar-refractivity contribution < 1.29 is 9.90 Å². The Kier molecular flexibility index (Phi) is 4.49. The second-order valence-electron chi connectivity index (χ2n) is 5.72. The number of fused-ring (bicyclic) bond motifs is 1. The van der Waals surface area contributed by atoms with Crippen LogP contribution in [0.5, 0.6) is 0 Å². The summed E-state index contributed by atoms with van der Waals surface area (Å²) in [5.41, 5.74) is 1.82. The summed E-state index contributed by atoms with van der Waals surface area (Å²) < 4.78 is 0. The molecule has 0 bridgehead atoms. The van der Waals surface area contributed by atoms with Gasteiger partial charge in [-0.05, 0) is 37.3 Å². The largest absolute Gasteiger partial charge is 0.396 e. The van der Waals surface area contributed by atoms with E-state index in [0.717, 1.165) is 29.3 Å². The van der Waals surface area contributed by atoms with Gasteiger partial charge in [-0.15, -0.1) is 0 Å². The first-order valence-electron chi connectivity index (χ1n) is 7.71. The molecule has 2 aromatic rings. The highest BCUT2D eigenvalue weighted by Crippen LogP contribution is 2.33. The summed E-state index contributed by atoms with van der Waals surface area (Å²) in [4.78, 5) is 16.4. The molecular weight excluding hydrogens is 276 g/mol.